The Morgan fingerprint density at radius 3 is 2.75 bits per heavy atom. The predicted molar refractivity (Wildman–Crippen MR) is 64.1 cm³/mol. The van der Waals surface area contributed by atoms with Gasteiger partial charge in [-0.3, -0.25) is 4.79 Å². The van der Waals surface area contributed by atoms with Crippen LogP contribution in [0, 0.1) is 5.92 Å². The van der Waals surface area contributed by atoms with Crippen LogP contribution in [-0.2, 0) is 4.79 Å². The van der Waals surface area contributed by atoms with Crippen LogP contribution in [0.1, 0.15) is 32.1 Å². The molecule has 16 heavy (non-hydrogen) atoms. The fraction of sp³-hybridized carbons (Fsp3) is 0.917. The molecule has 4 nitrogen and oxygen atoms in total. The Hall–Kier alpha value is -0.610. The topological polar surface area (TPSA) is 52.6 Å². The van der Waals surface area contributed by atoms with Gasteiger partial charge in [-0.25, -0.2) is 0 Å². The molecule has 4 heteroatoms. The Morgan fingerprint density at radius 2 is 2.19 bits per heavy atom. The van der Waals surface area contributed by atoms with E-state index in [0.717, 1.165) is 38.8 Å². The first-order chi connectivity index (χ1) is 7.59. The van der Waals surface area contributed by atoms with Gasteiger partial charge in [0.05, 0.1) is 6.10 Å². The lowest BCUT2D eigenvalue weighted by Gasteiger charge is -2.12. The maximum absolute atomic E-state index is 11.3. The van der Waals surface area contributed by atoms with Crippen molar-refractivity contribution in [3.63, 3.8) is 0 Å². The largest absolute Gasteiger partial charge is 0.393 e. The molecule has 94 valence electrons. The average molecular weight is 228 g/mol. The van der Waals surface area contributed by atoms with E-state index < -0.39 is 0 Å². The monoisotopic (exact) mass is 228 g/mol. The molecule has 0 radical (unpaired) electrons. The molecule has 0 heterocycles. The standard InChI is InChI=1S/C12H24N2O2/c1-14(2)12(16)4-3-7-13-9-10-5-6-11(15)8-10/h10-11,13,15H,3-9H2,1-2H3. The second-order valence-corrected chi connectivity index (χ2v) is 4.93. The normalized spacial score (nSPS) is 24.7. The van der Waals surface area contributed by atoms with E-state index in [0.29, 0.717) is 12.3 Å². The zero-order chi connectivity index (χ0) is 12.0. The lowest BCUT2D eigenvalue weighted by molar-refractivity contribution is -0.128. The van der Waals surface area contributed by atoms with Crippen molar-refractivity contribution in [1.29, 1.82) is 0 Å². The summed E-state index contributed by atoms with van der Waals surface area (Å²) in [5, 5.41) is 12.7. The fourth-order valence-corrected chi connectivity index (χ4v) is 2.13. The number of rotatable bonds is 6. The minimum atomic E-state index is -0.0814. The number of carbonyl (C=O) groups is 1. The minimum absolute atomic E-state index is 0.0814. The van der Waals surface area contributed by atoms with E-state index in [9.17, 15) is 9.90 Å². The van der Waals surface area contributed by atoms with Crippen molar-refractivity contribution in [1.82, 2.24) is 10.2 Å². The summed E-state index contributed by atoms with van der Waals surface area (Å²) in [5.41, 5.74) is 0. The van der Waals surface area contributed by atoms with Gasteiger partial charge in [0.1, 0.15) is 0 Å². The zero-order valence-corrected chi connectivity index (χ0v) is 10.4. The number of nitrogens with zero attached hydrogens (tertiary/aromatic N) is 1. The van der Waals surface area contributed by atoms with Crippen LogP contribution < -0.4 is 5.32 Å². The lowest BCUT2D eigenvalue weighted by atomic mass is 10.1. The highest BCUT2D eigenvalue weighted by Gasteiger charge is 2.21. The van der Waals surface area contributed by atoms with Crippen molar-refractivity contribution in [3.05, 3.63) is 0 Å². The molecule has 0 aromatic carbocycles. The molecule has 0 saturated heterocycles. The van der Waals surface area contributed by atoms with E-state index >= 15 is 0 Å². The Labute approximate surface area is 98.0 Å². The summed E-state index contributed by atoms with van der Waals surface area (Å²) in [6.07, 6.45) is 4.45. The van der Waals surface area contributed by atoms with E-state index in [4.69, 9.17) is 0 Å². The van der Waals surface area contributed by atoms with Crippen LogP contribution in [0.5, 0.6) is 0 Å². The molecule has 1 amide bonds. The third kappa shape index (κ3) is 4.94. The Bertz CT molecular complexity index is 219. The van der Waals surface area contributed by atoms with Crippen molar-refractivity contribution in [2.24, 2.45) is 5.92 Å². The molecule has 0 bridgehead atoms. The van der Waals surface area contributed by atoms with E-state index in [1.165, 1.54) is 0 Å². The number of carbonyl (C=O) groups excluding carboxylic acids is 1. The van der Waals surface area contributed by atoms with Gasteiger partial charge in [0.25, 0.3) is 0 Å². The highest BCUT2D eigenvalue weighted by atomic mass is 16.3. The summed E-state index contributed by atoms with van der Waals surface area (Å²) in [5.74, 6) is 0.817. The van der Waals surface area contributed by atoms with Gasteiger partial charge >= 0.3 is 0 Å². The second-order valence-electron chi connectivity index (χ2n) is 4.93. The van der Waals surface area contributed by atoms with E-state index in [-0.39, 0.29) is 12.0 Å². The molecule has 1 rings (SSSR count). The summed E-state index contributed by atoms with van der Waals surface area (Å²) < 4.78 is 0. The summed E-state index contributed by atoms with van der Waals surface area (Å²) >= 11 is 0. The average Bonchev–Trinajstić information content (AvgIpc) is 2.63. The van der Waals surface area contributed by atoms with Crippen molar-refractivity contribution in [3.8, 4) is 0 Å². The minimum Gasteiger partial charge on any atom is -0.393 e. The van der Waals surface area contributed by atoms with Gasteiger partial charge in [0.2, 0.25) is 5.91 Å². The highest BCUT2D eigenvalue weighted by Crippen LogP contribution is 2.24. The van der Waals surface area contributed by atoms with Crippen LogP contribution in [-0.4, -0.2) is 49.2 Å². The van der Waals surface area contributed by atoms with Gasteiger partial charge in [-0.05, 0) is 44.7 Å². The molecule has 1 aliphatic rings. The predicted octanol–water partition coefficient (Wildman–Crippen LogP) is 0.605. The Balaban J connectivity index is 1.94. The fourth-order valence-electron chi connectivity index (χ4n) is 2.13. The smallest absolute Gasteiger partial charge is 0.222 e. The summed E-state index contributed by atoms with van der Waals surface area (Å²) in [6.45, 7) is 1.87. The Morgan fingerprint density at radius 1 is 1.44 bits per heavy atom. The van der Waals surface area contributed by atoms with Gasteiger partial charge in [-0.1, -0.05) is 0 Å². The third-order valence-corrected chi connectivity index (χ3v) is 3.19. The van der Waals surface area contributed by atoms with Gasteiger partial charge < -0.3 is 15.3 Å². The van der Waals surface area contributed by atoms with Crippen molar-refractivity contribution in [2.45, 2.75) is 38.2 Å². The van der Waals surface area contributed by atoms with Crippen LogP contribution in [0.3, 0.4) is 0 Å². The molecule has 0 aromatic heterocycles. The van der Waals surface area contributed by atoms with Gasteiger partial charge in [-0.15, -0.1) is 0 Å². The maximum atomic E-state index is 11.3. The van der Waals surface area contributed by atoms with Crippen molar-refractivity contribution in [2.75, 3.05) is 27.2 Å². The van der Waals surface area contributed by atoms with Gasteiger partial charge in [0, 0.05) is 20.5 Å². The van der Waals surface area contributed by atoms with Crippen LogP contribution in [0.4, 0.5) is 0 Å². The molecule has 0 spiro atoms. The molecule has 2 atom stereocenters. The lowest BCUT2D eigenvalue weighted by Crippen LogP contribution is -2.26. The number of amides is 1. The van der Waals surface area contributed by atoms with E-state index in [1.54, 1.807) is 19.0 Å². The first-order valence-corrected chi connectivity index (χ1v) is 6.18. The Kier molecular flexibility index (Phi) is 5.77. The van der Waals surface area contributed by atoms with Crippen LogP contribution in [0.15, 0.2) is 0 Å². The molecule has 2 unspecified atom stereocenters. The molecule has 2 N–H and O–H groups in total. The summed E-state index contributed by atoms with van der Waals surface area (Å²) in [4.78, 5) is 12.9. The van der Waals surface area contributed by atoms with Crippen LogP contribution in [0.25, 0.3) is 0 Å². The van der Waals surface area contributed by atoms with Crippen LogP contribution in [0.2, 0.25) is 0 Å². The molecule has 0 aromatic rings. The van der Waals surface area contributed by atoms with Crippen molar-refractivity contribution >= 4 is 5.91 Å². The molecule has 1 aliphatic carbocycles. The highest BCUT2D eigenvalue weighted by molar-refractivity contribution is 5.75. The zero-order valence-electron chi connectivity index (χ0n) is 10.4. The van der Waals surface area contributed by atoms with Crippen LogP contribution >= 0.6 is 0 Å². The summed E-state index contributed by atoms with van der Waals surface area (Å²) in [6, 6.07) is 0. The van der Waals surface area contributed by atoms with E-state index in [1.807, 2.05) is 0 Å². The molecule has 0 aliphatic heterocycles. The second kappa shape index (κ2) is 6.86. The first kappa shape index (κ1) is 13.5. The van der Waals surface area contributed by atoms with Gasteiger partial charge in [0.15, 0.2) is 0 Å². The SMILES string of the molecule is CN(C)C(=O)CCCNCC1CCC(O)C1. The van der Waals surface area contributed by atoms with Crippen molar-refractivity contribution < 1.29 is 9.90 Å². The number of hydrogen-bond acceptors (Lipinski definition) is 3. The van der Waals surface area contributed by atoms with E-state index in [2.05, 4.69) is 5.32 Å². The molecular weight excluding hydrogens is 204 g/mol. The third-order valence-electron chi connectivity index (χ3n) is 3.19. The number of hydrogen-bond donors (Lipinski definition) is 2. The van der Waals surface area contributed by atoms with Gasteiger partial charge in [-0.2, -0.15) is 0 Å². The molecule has 1 saturated carbocycles. The maximum Gasteiger partial charge on any atom is 0.222 e. The molecule has 1 fully saturated rings. The first-order valence-electron chi connectivity index (χ1n) is 6.18. The molecular formula is C12H24N2O2. The number of nitrogens with one attached hydrogen (secondary N) is 1. The quantitative estimate of drug-likeness (QED) is 0.655. The summed E-state index contributed by atoms with van der Waals surface area (Å²) in [7, 11) is 3.57. The number of aliphatic hydroxyl groups is 1. The number of aliphatic hydroxyl groups excluding tert-OH is 1.